The Morgan fingerprint density at radius 3 is 2.92 bits per heavy atom. The fraction of sp³-hybridized carbons (Fsp3) is 0.333. The zero-order chi connectivity index (χ0) is 8.97. The molecule has 1 rings (SSSR count). The Balaban J connectivity index is 2.65. The van der Waals surface area contributed by atoms with E-state index >= 15 is 0 Å². The topological polar surface area (TPSA) is 39.2 Å². The SMILES string of the molecule is CC(=O)O[C@H](C)c1cccnc1. The molecule has 0 aromatic carbocycles. The minimum Gasteiger partial charge on any atom is -0.458 e. The highest BCUT2D eigenvalue weighted by molar-refractivity contribution is 5.66. The predicted octanol–water partition coefficient (Wildman–Crippen LogP) is 1.71. The molecule has 0 N–H and O–H groups in total. The van der Waals surface area contributed by atoms with Crippen molar-refractivity contribution in [1.82, 2.24) is 4.98 Å². The van der Waals surface area contributed by atoms with Crippen molar-refractivity contribution in [3.8, 4) is 0 Å². The number of hydrogen-bond acceptors (Lipinski definition) is 3. The molecule has 0 aliphatic rings. The van der Waals surface area contributed by atoms with E-state index in [0.717, 1.165) is 5.56 Å². The number of aromatic nitrogens is 1. The van der Waals surface area contributed by atoms with Gasteiger partial charge in [0, 0.05) is 24.9 Å². The zero-order valence-electron chi connectivity index (χ0n) is 7.15. The highest BCUT2D eigenvalue weighted by Crippen LogP contribution is 2.14. The minimum absolute atomic E-state index is 0.212. The van der Waals surface area contributed by atoms with Gasteiger partial charge in [-0.15, -0.1) is 0 Å². The monoisotopic (exact) mass is 165 g/mol. The first-order valence-electron chi connectivity index (χ1n) is 3.77. The first-order valence-corrected chi connectivity index (χ1v) is 3.77. The maximum absolute atomic E-state index is 10.6. The standard InChI is InChI=1S/C9H11NO2/c1-7(12-8(2)11)9-4-3-5-10-6-9/h3-7H,1-2H3/t7-/m1/s1. The van der Waals surface area contributed by atoms with Crippen LogP contribution in [0.1, 0.15) is 25.5 Å². The molecule has 0 aliphatic carbocycles. The van der Waals surface area contributed by atoms with Crippen molar-refractivity contribution in [2.24, 2.45) is 0 Å². The number of carbonyl (C=O) groups is 1. The van der Waals surface area contributed by atoms with Gasteiger partial charge in [0.05, 0.1) is 0 Å². The van der Waals surface area contributed by atoms with E-state index in [1.807, 2.05) is 19.1 Å². The molecule has 64 valence electrons. The highest BCUT2D eigenvalue weighted by Gasteiger charge is 2.06. The summed E-state index contributed by atoms with van der Waals surface area (Å²) in [7, 11) is 0. The maximum atomic E-state index is 10.6. The molecule has 3 heteroatoms. The zero-order valence-corrected chi connectivity index (χ0v) is 7.15. The molecular weight excluding hydrogens is 154 g/mol. The van der Waals surface area contributed by atoms with E-state index in [2.05, 4.69) is 4.98 Å². The third kappa shape index (κ3) is 2.34. The lowest BCUT2D eigenvalue weighted by Crippen LogP contribution is -2.04. The first kappa shape index (κ1) is 8.71. The van der Waals surface area contributed by atoms with Gasteiger partial charge in [0.2, 0.25) is 0 Å². The van der Waals surface area contributed by atoms with Crippen molar-refractivity contribution in [1.29, 1.82) is 0 Å². The fourth-order valence-corrected chi connectivity index (χ4v) is 0.933. The summed E-state index contributed by atoms with van der Waals surface area (Å²) in [6, 6.07) is 3.69. The van der Waals surface area contributed by atoms with Crippen LogP contribution in [-0.2, 0) is 9.53 Å². The van der Waals surface area contributed by atoms with Crippen LogP contribution in [0.3, 0.4) is 0 Å². The summed E-state index contributed by atoms with van der Waals surface area (Å²) in [6.07, 6.45) is 3.16. The fourth-order valence-electron chi connectivity index (χ4n) is 0.933. The summed E-state index contributed by atoms with van der Waals surface area (Å²) in [5.41, 5.74) is 0.910. The van der Waals surface area contributed by atoms with Gasteiger partial charge in [-0.25, -0.2) is 0 Å². The van der Waals surface area contributed by atoms with Crippen LogP contribution in [0.4, 0.5) is 0 Å². The molecule has 0 unspecified atom stereocenters. The molecule has 12 heavy (non-hydrogen) atoms. The van der Waals surface area contributed by atoms with E-state index in [0.29, 0.717) is 0 Å². The molecule has 0 spiro atoms. The van der Waals surface area contributed by atoms with E-state index in [1.54, 1.807) is 12.4 Å². The van der Waals surface area contributed by atoms with Crippen LogP contribution in [-0.4, -0.2) is 11.0 Å². The molecule has 0 radical (unpaired) electrons. The lowest BCUT2D eigenvalue weighted by molar-refractivity contribution is -0.145. The Hall–Kier alpha value is -1.38. The van der Waals surface area contributed by atoms with Crippen molar-refractivity contribution in [2.75, 3.05) is 0 Å². The van der Waals surface area contributed by atoms with Crippen LogP contribution in [0.2, 0.25) is 0 Å². The average Bonchev–Trinajstić information content (AvgIpc) is 2.05. The summed E-state index contributed by atoms with van der Waals surface area (Å²) in [5, 5.41) is 0. The van der Waals surface area contributed by atoms with E-state index in [-0.39, 0.29) is 12.1 Å². The Kier molecular flexibility index (Phi) is 2.80. The quantitative estimate of drug-likeness (QED) is 0.626. The Labute approximate surface area is 71.4 Å². The van der Waals surface area contributed by atoms with Crippen LogP contribution >= 0.6 is 0 Å². The Bertz CT molecular complexity index is 258. The number of ether oxygens (including phenoxy) is 1. The molecule has 1 aromatic rings. The number of esters is 1. The number of hydrogen-bond donors (Lipinski definition) is 0. The normalized spacial score (nSPS) is 12.2. The second-order valence-corrected chi connectivity index (χ2v) is 2.54. The molecule has 0 aliphatic heterocycles. The number of rotatable bonds is 2. The summed E-state index contributed by atoms with van der Waals surface area (Å²) in [4.78, 5) is 14.5. The highest BCUT2D eigenvalue weighted by atomic mass is 16.5. The van der Waals surface area contributed by atoms with Crippen LogP contribution < -0.4 is 0 Å². The lowest BCUT2D eigenvalue weighted by atomic mass is 10.2. The van der Waals surface area contributed by atoms with Gasteiger partial charge in [0.25, 0.3) is 0 Å². The van der Waals surface area contributed by atoms with Gasteiger partial charge in [-0.2, -0.15) is 0 Å². The van der Waals surface area contributed by atoms with Gasteiger partial charge in [-0.05, 0) is 13.0 Å². The van der Waals surface area contributed by atoms with E-state index in [1.165, 1.54) is 6.92 Å². The average molecular weight is 165 g/mol. The van der Waals surface area contributed by atoms with Gasteiger partial charge in [-0.1, -0.05) is 6.07 Å². The minimum atomic E-state index is -0.272. The number of nitrogens with zero attached hydrogens (tertiary/aromatic N) is 1. The van der Waals surface area contributed by atoms with E-state index < -0.39 is 0 Å². The van der Waals surface area contributed by atoms with Gasteiger partial charge in [0.15, 0.2) is 0 Å². The number of carbonyl (C=O) groups excluding carboxylic acids is 1. The maximum Gasteiger partial charge on any atom is 0.303 e. The van der Waals surface area contributed by atoms with Gasteiger partial charge < -0.3 is 4.74 Å². The molecule has 0 bridgehead atoms. The lowest BCUT2D eigenvalue weighted by Gasteiger charge is -2.10. The van der Waals surface area contributed by atoms with Gasteiger partial charge in [-0.3, -0.25) is 9.78 Å². The molecule has 3 nitrogen and oxygen atoms in total. The molecule has 0 saturated carbocycles. The largest absolute Gasteiger partial charge is 0.458 e. The smallest absolute Gasteiger partial charge is 0.303 e. The number of pyridine rings is 1. The van der Waals surface area contributed by atoms with E-state index in [9.17, 15) is 4.79 Å². The van der Waals surface area contributed by atoms with Crippen LogP contribution in [0.25, 0.3) is 0 Å². The molecule has 0 amide bonds. The third-order valence-corrected chi connectivity index (χ3v) is 1.50. The summed E-state index contributed by atoms with van der Waals surface area (Å²) >= 11 is 0. The molecule has 0 fully saturated rings. The van der Waals surface area contributed by atoms with Crippen LogP contribution in [0.5, 0.6) is 0 Å². The molecule has 1 atom stereocenters. The first-order chi connectivity index (χ1) is 5.70. The summed E-state index contributed by atoms with van der Waals surface area (Å²) in [5.74, 6) is -0.272. The van der Waals surface area contributed by atoms with Crippen LogP contribution in [0.15, 0.2) is 24.5 Å². The molecular formula is C9H11NO2. The summed E-state index contributed by atoms with van der Waals surface area (Å²) in [6.45, 7) is 3.21. The molecule has 0 saturated heterocycles. The third-order valence-electron chi connectivity index (χ3n) is 1.50. The van der Waals surface area contributed by atoms with Crippen molar-refractivity contribution in [3.63, 3.8) is 0 Å². The second kappa shape index (κ2) is 3.85. The second-order valence-electron chi connectivity index (χ2n) is 2.54. The Morgan fingerprint density at radius 2 is 2.42 bits per heavy atom. The molecule has 1 aromatic heterocycles. The predicted molar refractivity (Wildman–Crippen MR) is 44.4 cm³/mol. The van der Waals surface area contributed by atoms with E-state index in [4.69, 9.17) is 4.74 Å². The molecule has 1 heterocycles. The van der Waals surface area contributed by atoms with Crippen molar-refractivity contribution in [3.05, 3.63) is 30.1 Å². The van der Waals surface area contributed by atoms with Gasteiger partial charge >= 0.3 is 5.97 Å². The van der Waals surface area contributed by atoms with Gasteiger partial charge in [0.1, 0.15) is 6.10 Å². The Morgan fingerprint density at radius 1 is 1.67 bits per heavy atom. The summed E-state index contributed by atoms with van der Waals surface area (Å²) < 4.78 is 4.96. The van der Waals surface area contributed by atoms with Crippen molar-refractivity contribution < 1.29 is 9.53 Å². The van der Waals surface area contributed by atoms with Crippen molar-refractivity contribution in [2.45, 2.75) is 20.0 Å². The van der Waals surface area contributed by atoms with Crippen molar-refractivity contribution >= 4 is 5.97 Å². The van der Waals surface area contributed by atoms with Crippen LogP contribution in [0, 0.1) is 0 Å².